The SMILES string of the molecule is C=Nc1cc(C(=O)NC(CCC)CCC)ccc1OCOC. The normalized spacial score (nSPS) is 10.5. The number of benzene rings is 1. The van der Waals surface area contributed by atoms with Gasteiger partial charge < -0.3 is 14.8 Å². The molecule has 0 saturated carbocycles. The first-order chi connectivity index (χ1) is 10.7. The smallest absolute Gasteiger partial charge is 0.251 e. The molecule has 0 radical (unpaired) electrons. The average molecular weight is 306 g/mol. The van der Waals surface area contributed by atoms with E-state index in [9.17, 15) is 4.79 Å². The van der Waals surface area contributed by atoms with Gasteiger partial charge in [0.15, 0.2) is 6.79 Å². The molecule has 5 heteroatoms. The molecule has 0 atom stereocenters. The predicted octanol–water partition coefficient (Wildman–Crippen LogP) is 3.70. The van der Waals surface area contributed by atoms with Crippen LogP contribution in [0, 0.1) is 0 Å². The van der Waals surface area contributed by atoms with E-state index in [1.54, 1.807) is 25.3 Å². The van der Waals surface area contributed by atoms with E-state index in [0.29, 0.717) is 17.0 Å². The van der Waals surface area contributed by atoms with Gasteiger partial charge in [-0.05, 0) is 37.8 Å². The van der Waals surface area contributed by atoms with E-state index in [1.165, 1.54) is 0 Å². The van der Waals surface area contributed by atoms with Gasteiger partial charge in [0.25, 0.3) is 5.91 Å². The Balaban J connectivity index is 2.82. The molecule has 1 rings (SSSR count). The zero-order valence-electron chi connectivity index (χ0n) is 13.7. The van der Waals surface area contributed by atoms with Crippen molar-refractivity contribution in [2.75, 3.05) is 13.9 Å². The van der Waals surface area contributed by atoms with Crippen LogP contribution in [-0.4, -0.2) is 32.6 Å². The summed E-state index contributed by atoms with van der Waals surface area (Å²) in [6, 6.07) is 5.34. The first-order valence-electron chi connectivity index (χ1n) is 7.69. The highest BCUT2D eigenvalue weighted by molar-refractivity contribution is 5.95. The predicted molar refractivity (Wildman–Crippen MR) is 89.2 cm³/mol. The maximum Gasteiger partial charge on any atom is 0.251 e. The summed E-state index contributed by atoms with van der Waals surface area (Å²) in [5, 5.41) is 3.08. The third kappa shape index (κ3) is 5.48. The lowest BCUT2D eigenvalue weighted by molar-refractivity contribution is 0.0515. The first-order valence-corrected chi connectivity index (χ1v) is 7.69. The number of amides is 1. The maximum atomic E-state index is 12.4. The van der Waals surface area contributed by atoms with Crippen LogP contribution >= 0.6 is 0 Å². The van der Waals surface area contributed by atoms with Crippen LogP contribution in [0.2, 0.25) is 0 Å². The Morgan fingerprint density at radius 2 is 2.00 bits per heavy atom. The van der Waals surface area contributed by atoms with Crippen molar-refractivity contribution < 1.29 is 14.3 Å². The molecule has 0 bridgehead atoms. The number of nitrogens with zero attached hydrogens (tertiary/aromatic N) is 1. The summed E-state index contributed by atoms with van der Waals surface area (Å²) in [4.78, 5) is 16.3. The van der Waals surface area contributed by atoms with Crippen molar-refractivity contribution in [2.45, 2.75) is 45.6 Å². The summed E-state index contributed by atoms with van der Waals surface area (Å²) < 4.78 is 10.2. The minimum Gasteiger partial charge on any atom is -0.465 e. The molecule has 1 amide bonds. The van der Waals surface area contributed by atoms with Crippen LogP contribution in [0.4, 0.5) is 5.69 Å². The van der Waals surface area contributed by atoms with Gasteiger partial charge in [-0.2, -0.15) is 0 Å². The molecule has 5 nitrogen and oxygen atoms in total. The Morgan fingerprint density at radius 3 is 2.55 bits per heavy atom. The van der Waals surface area contributed by atoms with Gasteiger partial charge >= 0.3 is 0 Å². The quantitative estimate of drug-likeness (QED) is 0.529. The number of ether oxygens (including phenoxy) is 2. The molecule has 0 aromatic heterocycles. The zero-order valence-corrected chi connectivity index (χ0v) is 13.7. The first kappa shape index (κ1) is 18.2. The fourth-order valence-electron chi connectivity index (χ4n) is 2.28. The summed E-state index contributed by atoms with van der Waals surface area (Å²) in [5.74, 6) is 0.460. The van der Waals surface area contributed by atoms with Crippen molar-refractivity contribution in [3.8, 4) is 5.75 Å². The molecule has 0 aliphatic rings. The number of methoxy groups -OCH3 is 1. The number of hydrogen-bond acceptors (Lipinski definition) is 4. The topological polar surface area (TPSA) is 59.9 Å². The van der Waals surface area contributed by atoms with Crippen LogP contribution < -0.4 is 10.1 Å². The number of carbonyl (C=O) groups excluding carboxylic acids is 1. The molecule has 0 saturated heterocycles. The fraction of sp³-hybridized carbons (Fsp3) is 0.529. The van der Waals surface area contributed by atoms with Gasteiger partial charge in [-0.15, -0.1) is 0 Å². The molecule has 0 fully saturated rings. The fourth-order valence-corrected chi connectivity index (χ4v) is 2.28. The molecule has 22 heavy (non-hydrogen) atoms. The second-order valence-electron chi connectivity index (χ2n) is 5.14. The number of hydrogen-bond donors (Lipinski definition) is 1. The van der Waals surface area contributed by atoms with E-state index >= 15 is 0 Å². The standard InChI is InChI=1S/C17H26N2O3/c1-5-7-14(8-6-2)19-17(20)13-9-10-16(22-12-21-4)15(11-13)18-3/h9-11,14H,3,5-8,12H2,1-2,4H3,(H,19,20). The Labute approximate surface area is 132 Å². The molecule has 1 aromatic rings. The van der Waals surface area contributed by atoms with Crippen LogP contribution in [0.25, 0.3) is 0 Å². The molecule has 122 valence electrons. The highest BCUT2D eigenvalue weighted by Gasteiger charge is 2.14. The number of aliphatic imine (C=N–C) groups is 1. The van der Waals surface area contributed by atoms with Crippen molar-refractivity contribution in [1.82, 2.24) is 5.32 Å². The van der Waals surface area contributed by atoms with Crippen LogP contribution in [-0.2, 0) is 4.74 Å². The maximum absolute atomic E-state index is 12.4. The van der Waals surface area contributed by atoms with Gasteiger partial charge in [0, 0.05) is 18.7 Å². The number of nitrogens with one attached hydrogen (secondary N) is 1. The lowest BCUT2D eigenvalue weighted by atomic mass is 10.1. The van der Waals surface area contributed by atoms with E-state index in [1.807, 2.05) is 0 Å². The van der Waals surface area contributed by atoms with Gasteiger partial charge in [-0.3, -0.25) is 9.79 Å². The van der Waals surface area contributed by atoms with Crippen LogP contribution in [0.3, 0.4) is 0 Å². The van der Waals surface area contributed by atoms with Crippen molar-refractivity contribution in [3.05, 3.63) is 23.8 Å². The second-order valence-corrected chi connectivity index (χ2v) is 5.14. The Kier molecular flexibility index (Phi) is 8.22. The van der Waals surface area contributed by atoms with Gasteiger partial charge in [-0.25, -0.2) is 0 Å². The van der Waals surface area contributed by atoms with Crippen LogP contribution in [0.5, 0.6) is 5.75 Å². The summed E-state index contributed by atoms with van der Waals surface area (Å²) in [6.45, 7) is 7.89. The van der Waals surface area contributed by atoms with E-state index in [2.05, 4.69) is 30.9 Å². The minimum absolute atomic E-state index is 0.0879. The molecule has 1 aromatic carbocycles. The number of carbonyl (C=O) groups is 1. The van der Waals surface area contributed by atoms with Crippen molar-refractivity contribution in [3.63, 3.8) is 0 Å². The molecule has 0 heterocycles. The van der Waals surface area contributed by atoms with Crippen molar-refractivity contribution >= 4 is 18.3 Å². The van der Waals surface area contributed by atoms with E-state index in [0.717, 1.165) is 25.7 Å². The van der Waals surface area contributed by atoms with E-state index in [-0.39, 0.29) is 18.7 Å². The summed E-state index contributed by atoms with van der Waals surface area (Å²) in [6.07, 6.45) is 4.07. The average Bonchev–Trinajstić information content (AvgIpc) is 2.53. The van der Waals surface area contributed by atoms with Gasteiger partial charge in [0.2, 0.25) is 0 Å². The molecule has 0 aliphatic carbocycles. The molecule has 0 unspecified atom stereocenters. The van der Waals surface area contributed by atoms with Gasteiger partial charge in [0.05, 0.1) is 0 Å². The van der Waals surface area contributed by atoms with Crippen molar-refractivity contribution in [2.24, 2.45) is 4.99 Å². The summed E-state index contributed by atoms with van der Waals surface area (Å²) >= 11 is 0. The number of rotatable bonds is 10. The largest absolute Gasteiger partial charge is 0.465 e. The van der Waals surface area contributed by atoms with Gasteiger partial charge in [-0.1, -0.05) is 26.7 Å². The van der Waals surface area contributed by atoms with E-state index in [4.69, 9.17) is 9.47 Å². The molecule has 0 spiro atoms. The molecular formula is C17H26N2O3. The minimum atomic E-state index is -0.0879. The summed E-state index contributed by atoms with van der Waals surface area (Å²) in [5.41, 5.74) is 1.09. The molecular weight excluding hydrogens is 280 g/mol. The highest BCUT2D eigenvalue weighted by atomic mass is 16.7. The van der Waals surface area contributed by atoms with Crippen molar-refractivity contribution in [1.29, 1.82) is 0 Å². The Hall–Kier alpha value is -1.88. The summed E-state index contributed by atoms with van der Waals surface area (Å²) in [7, 11) is 1.55. The lowest BCUT2D eigenvalue weighted by Crippen LogP contribution is -2.34. The van der Waals surface area contributed by atoms with E-state index < -0.39 is 0 Å². The molecule has 1 N–H and O–H groups in total. The third-order valence-corrected chi connectivity index (χ3v) is 3.33. The Bertz CT molecular complexity index is 483. The Morgan fingerprint density at radius 1 is 1.32 bits per heavy atom. The van der Waals surface area contributed by atoms with Crippen LogP contribution in [0.1, 0.15) is 49.9 Å². The zero-order chi connectivity index (χ0) is 16.4. The molecule has 0 aliphatic heterocycles. The highest BCUT2D eigenvalue weighted by Crippen LogP contribution is 2.28. The van der Waals surface area contributed by atoms with Gasteiger partial charge in [0.1, 0.15) is 11.4 Å². The third-order valence-electron chi connectivity index (χ3n) is 3.33. The van der Waals surface area contributed by atoms with Crippen LogP contribution in [0.15, 0.2) is 23.2 Å². The second kappa shape index (κ2) is 9.95. The monoisotopic (exact) mass is 306 g/mol. The lowest BCUT2D eigenvalue weighted by Gasteiger charge is -2.17.